The number of carbonyl (C=O) groups is 1. The molecule has 3 rings (SSSR count). The number of halogens is 1. The van der Waals surface area contributed by atoms with E-state index in [1.54, 1.807) is 23.6 Å². The topological polar surface area (TPSA) is 65.4 Å². The van der Waals surface area contributed by atoms with Crippen LogP contribution in [0.1, 0.15) is 17.2 Å². The number of nitrogens with one attached hydrogen (secondary N) is 1. The molecule has 1 atom stereocenters. The molecule has 7 heteroatoms. The van der Waals surface area contributed by atoms with Gasteiger partial charge in [0.2, 0.25) is 5.91 Å². The van der Waals surface area contributed by atoms with Crippen molar-refractivity contribution < 1.29 is 13.9 Å². The zero-order valence-electron chi connectivity index (χ0n) is 12.9. The van der Waals surface area contributed by atoms with Crippen LogP contribution in [0.4, 0.5) is 9.39 Å². The lowest BCUT2D eigenvalue weighted by Crippen LogP contribution is -2.42. The van der Waals surface area contributed by atoms with Crippen LogP contribution in [-0.2, 0) is 9.53 Å². The molecule has 1 saturated heterocycles. The first kappa shape index (κ1) is 16.6. The Labute approximate surface area is 143 Å². The third kappa shape index (κ3) is 3.97. The van der Waals surface area contributed by atoms with Gasteiger partial charge in [0.05, 0.1) is 24.8 Å². The summed E-state index contributed by atoms with van der Waals surface area (Å²) in [6, 6.07) is 9.95. The van der Waals surface area contributed by atoms with Crippen molar-refractivity contribution in [1.82, 2.24) is 4.90 Å². The molecular formula is C17H16FN3O2S. The molecule has 1 N–H and O–H groups in total. The summed E-state index contributed by atoms with van der Waals surface area (Å²) in [5.74, 6) is -0.441. The molecule has 24 heavy (non-hydrogen) atoms. The minimum atomic E-state index is -0.282. The number of morpholine rings is 1. The fourth-order valence-electron chi connectivity index (χ4n) is 2.59. The summed E-state index contributed by atoms with van der Waals surface area (Å²) < 4.78 is 18.7. The van der Waals surface area contributed by atoms with E-state index >= 15 is 0 Å². The van der Waals surface area contributed by atoms with Gasteiger partial charge >= 0.3 is 0 Å². The van der Waals surface area contributed by atoms with Gasteiger partial charge in [-0.15, -0.1) is 11.3 Å². The van der Waals surface area contributed by atoms with Crippen LogP contribution in [0.15, 0.2) is 35.7 Å². The Morgan fingerprint density at radius 1 is 1.42 bits per heavy atom. The van der Waals surface area contributed by atoms with Crippen LogP contribution >= 0.6 is 11.3 Å². The highest BCUT2D eigenvalue weighted by atomic mass is 32.1. The number of carbonyl (C=O) groups excluding carboxylic acids is 1. The van der Waals surface area contributed by atoms with Crippen molar-refractivity contribution in [2.45, 2.75) is 6.10 Å². The number of nitrogens with zero attached hydrogens (tertiary/aromatic N) is 2. The zero-order valence-corrected chi connectivity index (χ0v) is 13.7. The van der Waals surface area contributed by atoms with Crippen LogP contribution < -0.4 is 5.32 Å². The van der Waals surface area contributed by atoms with Crippen LogP contribution in [0.25, 0.3) is 0 Å². The fraction of sp³-hybridized carbons (Fsp3) is 0.294. The van der Waals surface area contributed by atoms with Crippen molar-refractivity contribution in [3.63, 3.8) is 0 Å². The second-order valence-electron chi connectivity index (χ2n) is 5.47. The van der Waals surface area contributed by atoms with Gasteiger partial charge in [0, 0.05) is 13.1 Å². The van der Waals surface area contributed by atoms with E-state index in [-0.39, 0.29) is 24.4 Å². The maximum absolute atomic E-state index is 13.0. The first-order chi connectivity index (χ1) is 11.7. The second-order valence-corrected chi connectivity index (χ2v) is 6.39. The molecule has 1 aromatic heterocycles. The molecule has 1 fully saturated rings. The van der Waals surface area contributed by atoms with E-state index in [1.807, 2.05) is 11.0 Å². The van der Waals surface area contributed by atoms with Crippen molar-refractivity contribution in [3.8, 4) is 6.07 Å². The second kappa shape index (κ2) is 7.53. The van der Waals surface area contributed by atoms with Gasteiger partial charge in [0.1, 0.15) is 16.9 Å². The number of anilines is 1. The number of thiophene rings is 1. The number of amides is 1. The van der Waals surface area contributed by atoms with E-state index < -0.39 is 0 Å². The fourth-order valence-corrected chi connectivity index (χ4v) is 3.34. The smallest absolute Gasteiger partial charge is 0.239 e. The summed E-state index contributed by atoms with van der Waals surface area (Å²) in [5, 5.41) is 14.1. The highest BCUT2D eigenvalue weighted by Crippen LogP contribution is 2.24. The van der Waals surface area contributed by atoms with Crippen molar-refractivity contribution in [1.29, 1.82) is 5.26 Å². The quantitative estimate of drug-likeness (QED) is 0.925. The van der Waals surface area contributed by atoms with Crippen molar-refractivity contribution in [2.24, 2.45) is 0 Å². The molecule has 0 bridgehead atoms. The summed E-state index contributed by atoms with van der Waals surface area (Å²) in [5.41, 5.74) is 1.37. The molecule has 0 radical (unpaired) electrons. The Kier molecular flexibility index (Phi) is 5.20. The van der Waals surface area contributed by atoms with Gasteiger partial charge in [-0.3, -0.25) is 9.69 Å². The standard InChI is InChI=1S/C17H16FN3O2S/c18-14-3-1-12(2-4-14)15-10-21(6-7-23-15)11-16(22)20-17-13(9-19)5-8-24-17/h1-5,8,15H,6-7,10-11H2,(H,20,22)/t15-/m0/s1. The Hall–Kier alpha value is -2.27. The van der Waals surface area contributed by atoms with Gasteiger partial charge in [-0.1, -0.05) is 12.1 Å². The summed E-state index contributed by atoms with van der Waals surface area (Å²) in [7, 11) is 0. The van der Waals surface area contributed by atoms with Gasteiger partial charge in [-0.2, -0.15) is 5.26 Å². The third-order valence-electron chi connectivity index (χ3n) is 3.80. The monoisotopic (exact) mass is 345 g/mol. The van der Waals surface area contributed by atoms with E-state index in [0.717, 1.165) is 5.56 Å². The molecule has 0 aliphatic carbocycles. The predicted molar refractivity (Wildman–Crippen MR) is 89.2 cm³/mol. The maximum atomic E-state index is 13.0. The molecule has 1 amide bonds. The highest BCUT2D eigenvalue weighted by Gasteiger charge is 2.23. The highest BCUT2D eigenvalue weighted by molar-refractivity contribution is 7.14. The largest absolute Gasteiger partial charge is 0.371 e. The van der Waals surface area contributed by atoms with Crippen LogP contribution in [0.2, 0.25) is 0 Å². The van der Waals surface area contributed by atoms with Crippen LogP contribution in [0.5, 0.6) is 0 Å². The van der Waals surface area contributed by atoms with E-state index in [4.69, 9.17) is 10.00 Å². The summed E-state index contributed by atoms with van der Waals surface area (Å²) >= 11 is 1.33. The molecule has 1 aliphatic heterocycles. The number of ether oxygens (including phenoxy) is 1. The minimum Gasteiger partial charge on any atom is -0.371 e. The summed E-state index contributed by atoms with van der Waals surface area (Å²) in [6.07, 6.45) is -0.177. The molecule has 0 spiro atoms. The Balaban J connectivity index is 1.58. The first-order valence-corrected chi connectivity index (χ1v) is 8.40. The molecule has 2 aromatic rings. The van der Waals surface area contributed by atoms with E-state index in [2.05, 4.69) is 5.32 Å². The number of rotatable bonds is 4. The molecule has 1 aromatic carbocycles. The molecule has 124 valence electrons. The molecule has 5 nitrogen and oxygen atoms in total. The third-order valence-corrected chi connectivity index (χ3v) is 4.63. The van der Waals surface area contributed by atoms with Crippen LogP contribution in [0.3, 0.4) is 0 Å². The lowest BCUT2D eigenvalue weighted by atomic mass is 10.1. The van der Waals surface area contributed by atoms with Crippen molar-refractivity contribution in [3.05, 3.63) is 52.7 Å². The van der Waals surface area contributed by atoms with Crippen molar-refractivity contribution in [2.75, 3.05) is 31.6 Å². The Morgan fingerprint density at radius 2 is 2.21 bits per heavy atom. The van der Waals surface area contributed by atoms with E-state index in [0.29, 0.717) is 30.3 Å². The average Bonchev–Trinajstić information content (AvgIpc) is 3.02. The number of nitriles is 1. The Bertz CT molecular complexity index is 754. The van der Waals surface area contributed by atoms with Gasteiger partial charge in [-0.25, -0.2) is 4.39 Å². The SMILES string of the molecule is N#Cc1ccsc1NC(=O)CN1CCO[C@H](c2ccc(F)cc2)C1. The number of hydrogen-bond donors (Lipinski definition) is 1. The zero-order chi connectivity index (χ0) is 16.9. The summed E-state index contributed by atoms with van der Waals surface area (Å²) in [4.78, 5) is 14.2. The number of benzene rings is 1. The van der Waals surface area contributed by atoms with Crippen LogP contribution in [-0.4, -0.2) is 37.0 Å². The minimum absolute atomic E-state index is 0.159. The molecule has 0 unspecified atom stereocenters. The lowest BCUT2D eigenvalue weighted by molar-refractivity contribution is -0.119. The maximum Gasteiger partial charge on any atom is 0.239 e. The number of hydrogen-bond acceptors (Lipinski definition) is 5. The van der Waals surface area contributed by atoms with Crippen LogP contribution in [0, 0.1) is 17.1 Å². The molecule has 0 saturated carbocycles. The normalized spacial score (nSPS) is 18.1. The van der Waals surface area contributed by atoms with Gasteiger partial charge in [0.25, 0.3) is 0 Å². The summed E-state index contributed by atoms with van der Waals surface area (Å²) in [6.45, 7) is 1.96. The van der Waals surface area contributed by atoms with E-state index in [1.165, 1.54) is 23.5 Å². The van der Waals surface area contributed by atoms with Gasteiger partial charge in [-0.05, 0) is 29.1 Å². The predicted octanol–water partition coefficient (Wildman–Crippen LogP) is 2.77. The molecule has 2 heterocycles. The van der Waals surface area contributed by atoms with Gasteiger partial charge in [0.15, 0.2) is 0 Å². The van der Waals surface area contributed by atoms with Gasteiger partial charge < -0.3 is 10.1 Å². The average molecular weight is 345 g/mol. The molecule has 1 aliphatic rings. The van der Waals surface area contributed by atoms with Crippen molar-refractivity contribution >= 4 is 22.2 Å². The lowest BCUT2D eigenvalue weighted by Gasteiger charge is -2.32. The molecular weight excluding hydrogens is 329 g/mol. The first-order valence-electron chi connectivity index (χ1n) is 7.52. The Morgan fingerprint density at radius 3 is 2.96 bits per heavy atom. The van der Waals surface area contributed by atoms with E-state index in [9.17, 15) is 9.18 Å².